The molecule has 0 spiro atoms. The van der Waals surface area contributed by atoms with E-state index < -0.39 is 61.8 Å². The van der Waals surface area contributed by atoms with Gasteiger partial charge in [0.05, 0.1) is 11.2 Å². The summed E-state index contributed by atoms with van der Waals surface area (Å²) in [5, 5.41) is 12.9. The lowest BCUT2D eigenvalue weighted by Crippen LogP contribution is -2.61. The number of hydrogen-bond donors (Lipinski definition) is 3. The molecule has 2 fully saturated rings. The molecule has 0 saturated carbocycles. The maximum absolute atomic E-state index is 12.7. The Kier molecular flexibility index (Phi) is 5.30. The zero-order chi connectivity index (χ0) is 20.9. The van der Waals surface area contributed by atoms with E-state index in [1.165, 1.54) is 20.8 Å². The van der Waals surface area contributed by atoms with Gasteiger partial charge >= 0.3 is 5.97 Å². The number of nitrogens with one attached hydrogen (secondary N) is 2. The molecule has 0 aliphatic carbocycles. The Hall–Kier alpha value is -2.17. The Bertz CT molecular complexity index is 790. The fourth-order valence-electron chi connectivity index (χ4n) is 3.40. The van der Waals surface area contributed by atoms with E-state index in [0.717, 1.165) is 4.90 Å². The lowest BCUT2D eigenvalue weighted by molar-refractivity contribution is -0.150. The van der Waals surface area contributed by atoms with Crippen molar-refractivity contribution in [2.24, 2.45) is 5.92 Å². The summed E-state index contributed by atoms with van der Waals surface area (Å²) in [5.74, 6) is -3.48. The van der Waals surface area contributed by atoms with Gasteiger partial charge < -0.3 is 20.6 Å². The van der Waals surface area contributed by atoms with Gasteiger partial charge in [-0.25, -0.2) is 13.2 Å². The molecule has 3 N–H and O–H groups in total. The van der Waals surface area contributed by atoms with Gasteiger partial charge in [-0.15, -0.1) is 0 Å². The molecule has 0 bridgehead atoms. The van der Waals surface area contributed by atoms with Crippen LogP contribution in [0.4, 0.5) is 0 Å². The predicted octanol–water partition coefficient (Wildman–Crippen LogP) is -1.15. The lowest BCUT2D eigenvalue weighted by atomic mass is 9.97. The molecular formula is C16H25N3O7S. The van der Waals surface area contributed by atoms with Crippen molar-refractivity contribution in [3.8, 4) is 0 Å². The molecule has 0 aromatic rings. The molecule has 0 aromatic carbocycles. The van der Waals surface area contributed by atoms with Crippen LogP contribution in [0.3, 0.4) is 0 Å². The van der Waals surface area contributed by atoms with Crippen LogP contribution < -0.4 is 10.6 Å². The summed E-state index contributed by atoms with van der Waals surface area (Å²) < 4.78 is 23.6. The highest BCUT2D eigenvalue weighted by atomic mass is 32.2. The number of nitrogens with zero attached hydrogens (tertiary/aromatic N) is 1. The van der Waals surface area contributed by atoms with Crippen LogP contribution in [0.5, 0.6) is 0 Å². The fraction of sp³-hybridized carbons (Fsp3) is 0.750. The molecule has 0 aromatic heterocycles. The van der Waals surface area contributed by atoms with Crippen molar-refractivity contribution in [2.45, 2.75) is 69.3 Å². The molecule has 2 aliphatic rings. The van der Waals surface area contributed by atoms with Crippen LogP contribution in [0.25, 0.3) is 0 Å². The molecule has 4 unspecified atom stereocenters. The standard InChI is InChI=1S/C16H25N3O7S/c1-7(2)11(15(23)24)18-13(21)8(3)17-14(22)12-16(4,5)27(25,26)10-6-9(20)19(10)12/h7-8,10-12H,6H2,1-5H3,(H,17,22)(H,18,21)(H,23,24). The maximum atomic E-state index is 12.7. The van der Waals surface area contributed by atoms with Gasteiger partial charge in [0.15, 0.2) is 9.84 Å². The number of carbonyl (C=O) groups is 4. The molecule has 0 radical (unpaired) electrons. The van der Waals surface area contributed by atoms with E-state index in [1.54, 1.807) is 13.8 Å². The molecule has 2 rings (SSSR count). The predicted molar refractivity (Wildman–Crippen MR) is 94.0 cm³/mol. The Morgan fingerprint density at radius 3 is 2.19 bits per heavy atom. The smallest absolute Gasteiger partial charge is 0.326 e. The number of sulfone groups is 1. The van der Waals surface area contributed by atoms with Crippen LogP contribution >= 0.6 is 0 Å². The monoisotopic (exact) mass is 403 g/mol. The van der Waals surface area contributed by atoms with Gasteiger partial charge in [-0.1, -0.05) is 13.8 Å². The second-order valence-electron chi connectivity index (χ2n) is 7.81. The highest BCUT2D eigenvalue weighted by molar-refractivity contribution is 7.93. The normalized spacial score (nSPS) is 27.3. The van der Waals surface area contributed by atoms with Gasteiger partial charge in [-0.2, -0.15) is 0 Å². The summed E-state index contributed by atoms with van der Waals surface area (Å²) in [4.78, 5) is 49.0. The number of amides is 3. The zero-order valence-electron chi connectivity index (χ0n) is 15.8. The average molecular weight is 403 g/mol. The van der Waals surface area contributed by atoms with Crippen molar-refractivity contribution in [3.63, 3.8) is 0 Å². The number of β-lactam (4-membered cyclic amide) rings is 1. The molecule has 3 amide bonds. The lowest BCUT2D eigenvalue weighted by Gasteiger charge is -2.37. The van der Waals surface area contributed by atoms with Crippen molar-refractivity contribution in [2.75, 3.05) is 0 Å². The molecule has 27 heavy (non-hydrogen) atoms. The Morgan fingerprint density at radius 2 is 1.74 bits per heavy atom. The van der Waals surface area contributed by atoms with E-state index in [4.69, 9.17) is 5.11 Å². The summed E-state index contributed by atoms with van der Waals surface area (Å²) in [6, 6.07) is -3.47. The largest absolute Gasteiger partial charge is 0.480 e. The molecular weight excluding hydrogens is 378 g/mol. The molecule has 10 nitrogen and oxygen atoms in total. The van der Waals surface area contributed by atoms with Gasteiger partial charge in [0, 0.05) is 0 Å². The van der Waals surface area contributed by atoms with Crippen molar-refractivity contribution in [3.05, 3.63) is 0 Å². The third kappa shape index (κ3) is 3.28. The summed E-state index contributed by atoms with van der Waals surface area (Å²) >= 11 is 0. The van der Waals surface area contributed by atoms with E-state index in [-0.39, 0.29) is 12.3 Å². The second-order valence-corrected chi connectivity index (χ2v) is 10.5. The first kappa shape index (κ1) is 21.1. The highest BCUT2D eigenvalue weighted by Crippen LogP contribution is 2.45. The van der Waals surface area contributed by atoms with E-state index in [2.05, 4.69) is 10.6 Å². The molecule has 2 saturated heterocycles. The van der Waals surface area contributed by atoms with E-state index in [9.17, 15) is 27.6 Å². The van der Waals surface area contributed by atoms with Gasteiger partial charge in [0.25, 0.3) is 0 Å². The van der Waals surface area contributed by atoms with Gasteiger partial charge in [-0.3, -0.25) is 14.4 Å². The highest BCUT2D eigenvalue weighted by Gasteiger charge is 2.67. The van der Waals surface area contributed by atoms with Gasteiger partial charge in [0.1, 0.15) is 23.5 Å². The topological polar surface area (TPSA) is 150 Å². The van der Waals surface area contributed by atoms with Crippen LogP contribution in [-0.4, -0.2) is 70.4 Å². The Balaban J connectivity index is 2.13. The Morgan fingerprint density at radius 1 is 1.19 bits per heavy atom. The number of rotatable bonds is 6. The number of aliphatic carboxylic acids is 1. The van der Waals surface area contributed by atoms with E-state index in [1.807, 2.05) is 0 Å². The van der Waals surface area contributed by atoms with Crippen LogP contribution in [0, 0.1) is 5.92 Å². The van der Waals surface area contributed by atoms with Crippen LogP contribution in [-0.2, 0) is 29.0 Å². The van der Waals surface area contributed by atoms with E-state index in [0.29, 0.717) is 0 Å². The zero-order valence-corrected chi connectivity index (χ0v) is 16.7. The molecule has 4 atom stereocenters. The summed E-state index contributed by atoms with van der Waals surface area (Å²) in [5.41, 5.74) is 0. The summed E-state index contributed by atoms with van der Waals surface area (Å²) in [6.07, 6.45) is -0.153. The van der Waals surface area contributed by atoms with Crippen molar-refractivity contribution in [1.29, 1.82) is 0 Å². The molecule has 152 valence electrons. The quantitative estimate of drug-likeness (QED) is 0.474. The fourth-order valence-corrected chi connectivity index (χ4v) is 5.54. The first-order valence-electron chi connectivity index (χ1n) is 8.61. The minimum absolute atomic E-state index is 0.153. The van der Waals surface area contributed by atoms with Crippen molar-refractivity contribution in [1.82, 2.24) is 15.5 Å². The number of carbonyl (C=O) groups excluding carboxylic acids is 3. The van der Waals surface area contributed by atoms with Crippen LogP contribution in [0.2, 0.25) is 0 Å². The molecule has 2 aliphatic heterocycles. The number of carboxylic acids is 1. The maximum Gasteiger partial charge on any atom is 0.326 e. The van der Waals surface area contributed by atoms with Crippen LogP contribution in [0.1, 0.15) is 41.0 Å². The Labute approximate surface area is 157 Å². The molecule has 2 heterocycles. The van der Waals surface area contributed by atoms with Crippen LogP contribution in [0.15, 0.2) is 0 Å². The average Bonchev–Trinajstić information content (AvgIpc) is 2.65. The SMILES string of the molecule is CC(NC(=O)C1N2C(=O)CC2S(=O)(=O)C1(C)C)C(=O)NC(C(=O)O)C(C)C. The van der Waals surface area contributed by atoms with Crippen molar-refractivity contribution >= 4 is 33.5 Å². The second kappa shape index (κ2) is 6.77. The number of carboxylic acid groups (broad SMARTS) is 1. The minimum atomic E-state index is -3.72. The molecule has 11 heteroatoms. The summed E-state index contributed by atoms with van der Waals surface area (Å²) in [6.45, 7) is 7.37. The first-order chi connectivity index (χ1) is 12.2. The first-order valence-corrected chi connectivity index (χ1v) is 10.2. The number of hydrogen-bond acceptors (Lipinski definition) is 6. The number of fused-ring (bicyclic) bond motifs is 1. The summed E-state index contributed by atoms with van der Waals surface area (Å²) in [7, 11) is -3.72. The minimum Gasteiger partial charge on any atom is -0.480 e. The van der Waals surface area contributed by atoms with Gasteiger partial charge in [0.2, 0.25) is 17.7 Å². The van der Waals surface area contributed by atoms with Gasteiger partial charge in [-0.05, 0) is 26.7 Å². The third-order valence-electron chi connectivity index (χ3n) is 5.21. The van der Waals surface area contributed by atoms with Crippen molar-refractivity contribution < 1.29 is 32.7 Å². The van der Waals surface area contributed by atoms with E-state index >= 15 is 0 Å². The third-order valence-corrected chi connectivity index (χ3v) is 8.01.